The topological polar surface area (TPSA) is 35.5 Å². The van der Waals surface area contributed by atoms with Crippen LogP contribution in [0.2, 0.25) is 0 Å². The molecule has 0 aromatic heterocycles. The zero-order chi connectivity index (χ0) is 19.0. The Morgan fingerprint density at radius 3 is 1.76 bits per heavy atom. The van der Waals surface area contributed by atoms with E-state index in [9.17, 15) is 4.79 Å². The van der Waals surface area contributed by atoms with Crippen LogP contribution in [0.1, 0.15) is 90.9 Å². The van der Waals surface area contributed by atoms with Crippen molar-refractivity contribution in [3.8, 4) is 0 Å². The fourth-order valence-electron chi connectivity index (χ4n) is 2.60. The molecule has 0 radical (unpaired) electrons. The van der Waals surface area contributed by atoms with Gasteiger partial charge in [0.15, 0.2) is 6.23 Å². The predicted molar refractivity (Wildman–Crippen MR) is 105 cm³/mol. The molecule has 0 spiro atoms. The maximum Gasteiger partial charge on any atom is 0.305 e. The number of carbonyl (C=O) groups excluding carboxylic acids is 1. The van der Waals surface area contributed by atoms with Crippen LogP contribution in [0.4, 0.5) is 0 Å². The van der Waals surface area contributed by atoms with Crippen molar-refractivity contribution in [1.29, 1.82) is 0 Å². The molecule has 0 saturated carbocycles. The Bertz CT molecular complexity index is 313. The van der Waals surface area contributed by atoms with Crippen molar-refractivity contribution >= 4 is 5.97 Å². The van der Waals surface area contributed by atoms with Gasteiger partial charge in [0.05, 0.1) is 27.7 Å². The van der Waals surface area contributed by atoms with E-state index in [0.29, 0.717) is 19.6 Å². The number of quaternary nitrogens is 1. The molecule has 0 rings (SSSR count). The molecule has 0 aliphatic rings. The monoisotopic (exact) mass is 358 g/mol. The smallest absolute Gasteiger partial charge is 0.305 e. The molecule has 0 bridgehead atoms. The van der Waals surface area contributed by atoms with Crippen molar-refractivity contribution in [2.24, 2.45) is 0 Å². The van der Waals surface area contributed by atoms with Crippen molar-refractivity contribution in [2.75, 3.05) is 34.4 Å². The van der Waals surface area contributed by atoms with E-state index in [4.69, 9.17) is 9.47 Å². The van der Waals surface area contributed by atoms with E-state index in [-0.39, 0.29) is 12.2 Å². The molecule has 0 aromatic rings. The van der Waals surface area contributed by atoms with Gasteiger partial charge in [-0.05, 0) is 6.42 Å². The third-order valence-corrected chi connectivity index (χ3v) is 4.78. The Morgan fingerprint density at radius 1 is 0.800 bits per heavy atom. The van der Waals surface area contributed by atoms with Gasteiger partial charge in [0.2, 0.25) is 0 Å². The van der Waals surface area contributed by atoms with Gasteiger partial charge in [-0.3, -0.25) is 4.79 Å². The molecule has 0 heterocycles. The first kappa shape index (κ1) is 24.4. The molecule has 4 nitrogen and oxygen atoms in total. The number of hydrogen-bond acceptors (Lipinski definition) is 3. The fraction of sp³-hybridized carbons (Fsp3) is 0.952. The van der Waals surface area contributed by atoms with Crippen LogP contribution in [0.5, 0.6) is 0 Å². The highest BCUT2D eigenvalue weighted by molar-refractivity contribution is 5.69. The summed E-state index contributed by atoms with van der Waals surface area (Å²) >= 11 is 0. The summed E-state index contributed by atoms with van der Waals surface area (Å²) in [4.78, 5) is 11.7. The normalized spacial score (nSPS) is 13.0. The predicted octanol–water partition coefficient (Wildman–Crippen LogP) is 5.30. The molecule has 0 fully saturated rings. The van der Waals surface area contributed by atoms with Gasteiger partial charge in [-0.2, -0.15) is 0 Å². The summed E-state index contributed by atoms with van der Waals surface area (Å²) in [5.41, 5.74) is 0. The van der Waals surface area contributed by atoms with E-state index >= 15 is 0 Å². The minimum atomic E-state index is -0.0857. The lowest BCUT2D eigenvalue weighted by Crippen LogP contribution is -2.45. The summed E-state index contributed by atoms with van der Waals surface area (Å²) < 4.78 is 11.6. The lowest BCUT2D eigenvalue weighted by atomic mass is 10.1. The number of carbonyl (C=O) groups is 1. The van der Waals surface area contributed by atoms with Crippen LogP contribution >= 0.6 is 0 Å². The molecule has 0 aromatic carbocycles. The van der Waals surface area contributed by atoms with Crippen molar-refractivity contribution in [2.45, 2.75) is 97.1 Å². The third kappa shape index (κ3) is 16.6. The molecule has 1 unspecified atom stereocenters. The van der Waals surface area contributed by atoms with E-state index in [2.05, 4.69) is 28.1 Å². The van der Waals surface area contributed by atoms with Gasteiger partial charge in [-0.25, -0.2) is 0 Å². The Morgan fingerprint density at radius 2 is 1.28 bits per heavy atom. The van der Waals surface area contributed by atoms with Crippen LogP contribution < -0.4 is 0 Å². The molecule has 0 aliphatic carbocycles. The zero-order valence-corrected chi connectivity index (χ0v) is 17.6. The number of esters is 1. The van der Waals surface area contributed by atoms with Gasteiger partial charge in [-0.1, -0.05) is 71.1 Å². The summed E-state index contributed by atoms with van der Waals surface area (Å²) in [6.45, 7) is 5.13. The fourth-order valence-corrected chi connectivity index (χ4v) is 2.60. The van der Waals surface area contributed by atoms with Gasteiger partial charge < -0.3 is 14.0 Å². The third-order valence-electron chi connectivity index (χ3n) is 4.78. The van der Waals surface area contributed by atoms with Crippen molar-refractivity contribution in [3.05, 3.63) is 0 Å². The minimum absolute atomic E-state index is 0.0857. The van der Waals surface area contributed by atoms with Crippen LogP contribution in [-0.4, -0.2) is 51.0 Å². The van der Waals surface area contributed by atoms with Crippen LogP contribution in [0.15, 0.2) is 0 Å². The SMILES string of the molecule is CCCCCCCCCCCCCC(=O)OCCOC(C)[N+](C)(C)C. The van der Waals surface area contributed by atoms with Gasteiger partial charge in [0.1, 0.15) is 6.61 Å². The molecule has 150 valence electrons. The van der Waals surface area contributed by atoms with Crippen LogP contribution in [0.3, 0.4) is 0 Å². The largest absolute Gasteiger partial charge is 0.463 e. The molecule has 0 saturated heterocycles. The van der Waals surface area contributed by atoms with E-state index in [1.807, 2.05) is 6.92 Å². The van der Waals surface area contributed by atoms with Crippen LogP contribution in [-0.2, 0) is 14.3 Å². The molecule has 25 heavy (non-hydrogen) atoms. The Hall–Kier alpha value is -0.610. The standard InChI is InChI=1S/C21H44NO3/c1-6-7-8-9-10-11-12-13-14-15-16-17-21(23)25-19-18-24-20(2)22(3,4)5/h20H,6-19H2,1-5H3/q+1. The Labute approximate surface area is 156 Å². The number of unbranched alkanes of at least 4 members (excludes halogenated alkanes) is 10. The highest BCUT2D eigenvalue weighted by Crippen LogP contribution is 2.12. The minimum Gasteiger partial charge on any atom is -0.463 e. The number of nitrogens with zero attached hydrogens (tertiary/aromatic N) is 1. The quantitative estimate of drug-likeness (QED) is 0.153. The second kappa shape index (κ2) is 15.6. The molecule has 1 atom stereocenters. The van der Waals surface area contributed by atoms with Crippen molar-refractivity contribution < 1.29 is 18.8 Å². The number of rotatable bonds is 17. The molecule has 0 N–H and O–H groups in total. The molecule has 0 aliphatic heterocycles. The zero-order valence-electron chi connectivity index (χ0n) is 17.6. The van der Waals surface area contributed by atoms with Gasteiger partial charge in [-0.15, -0.1) is 0 Å². The first-order valence-corrected chi connectivity index (χ1v) is 10.5. The molecular formula is C21H44NO3+. The average molecular weight is 359 g/mol. The first-order valence-electron chi connectivity index (χ1n) is 10.5. The second-order valence-electron chi connectivity index (χ2n) is 8.09. The van der Waals surface area contributed by atoms with E-state index in [1.165, 1.54) is 57.8 Å². The maximum atomic E-state index is 11.7. The Balaban J connectivity index is 3.31. The van der Waals surface area contributed by atoms with Crippen molar-refractivity contribution in [1.82, 2.24) is 0 Å². The molecule has 4 heteroatoms. The average Bonchev–Trinajstić information content (AvgIpc) is 2.55. The van der Waals surface area contributed by atoms with Gasteiger partial charge in [0.25, 0.3) is 0 Å². The Kier molecular flexibility index (Phi) is 15.2. The lowest BCUT2D eigenvalue weighted by Gasteiger charge is -2.30. The number of hydrogen-bond donors (Lipinski definition) is 0. The summed E-state index contributed by atoms with van der Waals surface area (Å²) in [5, 5.41) is 0. The summed E-state index contributed by atoms with van der Waals surface area (Å²) in [5.74, 6) is -0.0857. The second-order valence-corrected chi connectivity index (χ2v) is 8.09. The first-order chi connectivity index (χ1) is 11.9. The van der Waals surface area contributed by atoms with E-state index in [1.54, 1.807) is 0 Å². The van der Waals surface area contributed by atoms with E-state index < -0.39 is 0 Å². The summed E-state index contributed by atoms with van der Waals surface area (Å²) in [6, 6.07) is 0. The van der Waals surface area contributed by atoms with Gasteiger partial charge in [0, 0.05) is 13.3 Å². The lowest BCUT2D eigenvalue weighted by molar-refractivity contribution is -0.917. The summed E-state index contributed by atoms with van der Waals surface area (Å²) in [7, 11) is 6.26. The van der Waals surface area contributed by atoms with E-state index in [0.717, 1.165) is 17.3 Å². The molecule has 0 amide bonds. The maximum absolute atomic E-state index is 11.7. The number of ether oxygens (including phenoxy) is 2. The highest BCUT2D eigenvalue weighted by atomic mass is 16.6. The summed E-state index contributed by atoms with van der Waals surface area (Å²) in [6.07, 6.45) is 14.9. The van der Waals surface area contributed by atoms with Crippen LogP contribution in [0, 0.1) is 0 Å². The molecular weight excluding hydrogens is 314 g/mol. The highest BCUT2D eigenvalue weighted by Gasteiger charge is 2.18. The van der Waals surface area contributed by atoms with Gasteiger partial charge >= 0.3 is 5.97 Å². The van der Waals surface area contributed by atoms with Crippen LogP contribution in [0.25, 0.3) is 0 Å². The van der Waals surface area contributed by atoms with Crippen molar-refractivity contribution in [3.63, 3.8) is 0 Å².